The number of rotatable bonds is 20. The second kappa shape index (κ2) is 22.6. The molecule has 3 aromatic rings. The van der Waals surface area contributed by atoms with E-state index in [1.165, 1.54) is 6.21 Å². The molecule has 22 heteroatoms. The lowest BCUT2D eigenvalue weighted by atomic mass is 9.90. The molecule has 3 aromatic carbocycles. The number of hydrogen-bond acceptors (Lipinski definition) is 13. The van der Waals surface area contributed by atoms with Gasteiger partial charge in [-0.25, -0.2) is 4.79 Å². The number of anilines is 1. The predicted octanol–water partition coefficient (Wildman–Crippen LogP) is 4.75. The molecule has 65 heavy (non-hydrogen) atoms. The average molecular weight is 954 g/mol. The molecule has 0 fully saturated rings. The van der Waals surface area contributed by atoms with Gasteiger partial charge in [0.05, 0.1) is 23.7 Å². The van der Waals surface area contributed by atoms with Gasteiger partial charge in [-0.2, -0.15) is 5.10 Å². The molecule has 2 aliphatic rings. The zero-order valence-electron chi connectivity index (χ0n) is 36.2. The molecule has 0 aromatic heterocycles. The molecule has 0 saturated heterocycles. The maximum atomic E-state index is 13.6. The highest BCUT2D eigenvalue weighted by Crippen LogP contribution is 2.68. The zero-order chi connectivity index (χ0) is 47.4. The lowest BCUT2D eigenvalue weighted by molar-refractivity contribution is -0.124. The Hall–Kier alpha value is -5.53. The van der Waals surface area contributed by atoms with Gasteiger partial charge in [-0.15, -0.1) is 0 Å². The van der Waals surface area contributed by atoms with Crippen LogP contribution in [-0.4, -0.2) is 111 Å². The van der Waals surface area contributed by atoms with Crippen LogP contribution in [0.4, 0.5) is 5.69 Å². The molecule has 0 spiro atoms. The SMILES string of the molecule is CCN=c1ccc2c(-c3ccccc3C(=O)OCC(=O)NNC(=S)N/N=C/c3cccc(OCCCN(C)CCC(O)(P(=O)(O)O)P(=O)(O)O)c3)c3ccc(N(CC)CC)cc3oc-2c1. The van der Waals surface area contributed by atoms with E-state index in [0.717, 1.165) is 40.6 Å². The van der Waals surface area contributed by atoms with E-state index in [4.69, 9.17) is 26.1 Å². The van der Waals surface area contributed by atoms with Crippen molar-refractivity contribution in [1.82, 2.24) is 21.2 Å². The van der Waals surface area contributed by atoms with E-state index in [0.29, 0.717) is 47.7 Å². The summed E-state index contributed by atoms with van der Waals surface area (Å²) >= 11 is 5.21. The highest BCUT2D eigenvalue weighted by molar-refractivity contribution is 7.80. The molecular weight excluding hydrogens is 901 g/mol. The molecule has 0 atom stereocenters. The number of nitrogens with zero attached hydrogens (tertiary/aromatic N) is 4. The number of carbonyl (C=O) groups is 2. The van der Waals surface area contributed by atoms with Crippen molar-refractivity contribution in [2.45, 2.75) is 38.7 Å². The summed E-state index contributed by atoms with van der Waals surface area (Å²) in [4.78, 5) is 72.0. The van der Waals surface area contributed by atoms with Crippen LogP contribution in [-0.2, 0) is 18.7 Å². The first kappa shape index (κ1) is 50.5. The van der Waals surface area contributed by atoms with Crippen molar-refractivity contribution in [3.8, 4) is 28.2 Å². The van der Waals surface area contributed by atoms with Gasteiger partial charge in [0.15, 0.2) is 6.61 Å². The van der Waals surface area contributed by atoms with Gasteiger partial charge in [0.25, 0.3) is 11.0 Å². The zero-order valence-corrected chi connectivity index (χ0v) is 38.8. The van der Waals surface area contributed by atoms with Gasteiger partial charge in [-0.1, -0.05) is 30.3 Å². The van der Waals surface area contributed by atoms with Crippen LogP contribution < -0.4 is 31.3 Å². The Morgan fingerprint density at radius 3 is 2.34 bits per heavy atom. The Labute approximate surface area is 380 Å². The lowest BCUT2D eigenvalue weighted by Gasteiger charge is -2.30. The summed E-state index contributed by atoms with van der Waals surface area (Å²) < 4.78 is 40.9. The van der Waals surface area contributed by atoms with Gasteiger partial charge in [0.2, 0.25) is 5.11 Å². The molecule has 1 aliphatic heterocycles. The Bertz CT molecular complexity index is 2630. The van der Waals surface area contributed by atoms with Crippen molar-refractivity contribution in [1.29, 1.82) is 0 Å². The van der Waals surface area contributed by atoms with Crippen LogP contribution >= 0.6 is 27.4 Å². The summed E-state index contributed by atoms with van der Waals surface area (Å²) in [6.07, 6.45) is 1.05. The minimum atomic E-state index is -5.52. The Kier molecular flexibility index (Phi) is 17.5. The van der Waals surface area contributed by atoms with Crippen molar-refractivity contribution in [2.24, 2.45) is 10.1 Å². The molecular formula is C43H53N7O12P2S. The number of hydrazone groups is 1. The maximum Gasteiger partial charge on any atom is 0.369 e. The van der Waals surface area contributed by atoms with Crippen LogP contribution in [0.5, 0.6) is 5.75 Å². The number of ether oxygens (including phenoxy) is 2. The molecule has 0 saturated carbocycles. The van der Waals surface area contributed by atoms with Crippen LogP contribution in [0.2, 0.25) is 0 Å². The van der Waals surface area contributed by atoms with Crippen molar-refractivity contribution in [3.05, 3.63) is 101 Å². The van der Waals surface area contributed by atoms with Crippen molar-refractivity contribution >= 4 is 67.3 Å². The van der Waals surface area contributed by atoms with E-state index in [9.17, 15) is 43.4 Å². The quantitative estimate of drug-likeness (QED) is 0.00995. The monoisotopic (exact) mass is 953 g/mol. The number of amides is 1. The van der Waals surface area contributed by atoms with Gasteiger partial charge < -0.3 is 48.4 Å². The molecule has 19 nitrogen and oxygen atoms in total. The highest BCUT2D eigenvalue weighted by atomic mass is 32.1. The number of aliphatic hydroxyl groups is 1. The highest BCUT2D eigenvalue weighted by Gasteiger charge is 2.58. The minimum absolute atomic E-state index is 0.0601. The van der Waals surface area contributed by atoms with E-state index in [-0.39, 0.29) is 23.8 Å². The third-order valence-electron chi connectivity index (χ3n) is 10.2. The number of esters is 1. The van der Waals surface area contributed by atoms with Gasteiger partial charge in [0, 0.05) is 73.5 Å². The number of carbonyl (C=O) groups excluding carboxylic acids is 2. The van der Waals surface area contributed by atoms with Gasteiger partial charge in [-0.3, -0.25) is 35.2 Å². The fourth-order valence-corrected chi connectivity index (χ4v) is 9.03. The Morgan fingerprint density at radius 1 is 0.892 bits per heavy atom. The van der Waals surface area contributed by atoms with E-state index >= 15 is 0 Å². The molecule has 348 valence electrons. The number of fused-ring (bicyclic) bond motifs is 2. The number of benzene rings is 4. The predicted molar refractivity (Wildman–Crippen MR) is 251 cm³/mol. The third-order valence-corrected chi connectivity index (χ3v) is 14.2. The standard InChI is InChI=1S/C43H53N7O12P2S/c1-5-44-30-16-18-35-37(25-30)62-38-26-31(50(6-2)7-3)17-19-36(38)40(35)33-14-8-9-15-34(33)41(52)61-28-39(51)46-48-42(65)47-45-27-29-12-10-13-32(24-29)60-23-11-21-49(4)22-20-43(53,63(54,55)56)64(57,58)59/h8-10,12-19,24-27,53H,5-7,11,20-23,28H2,1-4H3,(H,46,51)(H2,47,48,65)(H2,54,55,56)(H2,57,58,59)/b44-30?,45-27+. The first-order chi connectivity index (χ1) is 30.9. The van der Waals surface area contributed by atoms with Crippen LogP contribution in [0.15, 0.2) is 99.4 Å². The summed E-state index contributed by atoms with van der Waals surface area (Å²) in [5, 5.41) is 12.2. The van der Waals surface area contributed by atoms with Crippen molar-refractivity contribution < 1.29 is 57.3 Å². The average Bonchev–Trinajstić information content (AvgIpc) is 3.27. The molecule has 0 unspecified atom stereocenters. The van der Waals surface area contributed by atoms with Crippen LogP contribution in [0.25, 0.3) is 33.4 Å². The molecule has 0 bridgehead atoms. The number of hydrogen-bond donors (Lipinski definition) is 8. The lowest BCUT2D eigenvalue weighted by Crippen LogP contribution is -2.46. The molecule has 1 aliphatic carbocycles. The van der Waals surface area contributed by atoms with Gasteiger partial charge in [-0.05, 0) is 100 Å². The second-order valence-corrected chi connectivity index (χ2v) is 19.1. The largest absolute Gasteiger partial charge is 0.494 e. The van der Waals surface area contributed by atoms with Gasteiger partial charge in [0.1, 0.15) is 17.1 Å². The number of thiocarbonyl (C=S) groups is 1. The number of nitrogens with one attached hydrogen (secondary N) is 3. The van der Waals surface area contributed by atoms with E-state index in [2.05, 4.69) is 45.1 Å². The Morgan fingerprint density at radius 2 is 1.63 bits per heavy atom. The van der Waals surface area contributed by atoms with Crippen LogP contribution in [0, 0.1) is 0 Å². The van der Waals surface area contributed by atoms with Gasteiger partial charge >= 0.3 is 21.2 Å². The third kappa shape index (κ3) is 13.1. The second-order valence-electron chi connectivity index (χ2n) is 14.7. The van der Waals surface area contributed by atoms with E-state index in [1.54, 1.807) is 48.3 Å². The van der Waals surface area contributed by atoms with Crippen LogP contribution in [0.1, 0.15) is 49.5 Å². The normalized spacial score (nSPS) is 12.5. The topological polar surface area (TPSA) is 268 Å². The first-order valence-electron chi connectivity index (χ1n) is 20.5. The van der Waals surface area contributed by atoms with E-state index < -0.39 is 45.2 Å². The fourth-order valence-electron chi connectivity index (χ4n) is 6.79. The summed E-state index contributed by atoms with van der Waals surface area (Å²) in [7, 11) is -9.48. The summed E-state index contributed by atoms with van der Waals surface area (Å²) in [5.41, 5.74) is 12.1. The maximum absolute atomic E-state index is 13.6. The summed E-state index contributed by atoms with van der Waals surface area (Å²) in [6.45, 7) is 8.11. The van der Waals surface area contributed by atoms with Crippen LogP contribution in [0.3, 0.4) is 0 Å². The molecule has 1 amide bonds. The van der Waals surface area contributed by atoms with E-state index in [1.807, 2.05) is 55.5 Å². The summed E-state index contributed by atoms with van der Waals surface area (Å²) in [6, 6.07) is 25.7. The molecule has 8 N–H and O–H groups in total. The van der Waals surface area contributed by atoms with Crippen molar-refractivity contribution in [2.75, 3.05) is 57.9 Å². The first-order valence-corrected chi connectivity index (χ1v) is 24.2. The molecule has 1 heterocycles. The molecule has 0 radical (unpaired) electrons. The number of hydrazine groups is 1. The van der Waals surface area contributed by atoms with Crippen molar-refractivity contribution in [3.63, 3.8) is 0 Å². The Balaban J connectivity index is 1.13. The molecule has 5 rings (SSSR count). The fraction of sp³-hybridized carbons (Fsp3) is 0.326. The minimum Gasteiger partial charge on any atom is -0.494 e. The smallest absolute Gasteiger partial charge is 0.369 e. The summed E-state index contributed by atoms with van der Waals surface area (Å²) in [5.74, 6) is -0.296.